The van der Waals surface area contributed by atoms with Gasteiger partial charge in [-0.05, 0) is 18.9 Å². The van der Waals surface area contributed by atoms with Crippen LogP contribution in [0.2, 0.25) is 0 Å². The van der Waals surface area contributed by atoms with Crippen LogP contribution in [0.1, 0.15) is 13.3 Å². The Labute approximate surface area is 103 Å². The Morgan fingerprint density at radius 1 is 1.24 bits per heavy atom. The summed E-state index contributed by atoms with van der Waals surface area (Å²) in [6.45, 7) is 10.4. The molecule has 0 aromatic carbocycles. The number of nitrogens with zero attached hydrogens (tertiary/aromatic N) is 2. The molecule has 0 aliphatic heterocycles. The summed E-state index contributed by atoms with van der Waals surface area (Å²) in [6, 6.07) is 0. The average molecular weight is 235 g/mol. The van der Waals surface area contributed by atoms with E-state index in [2.05, 4.69) is 28.5 Å². The molecule has 0 atom stereocenters. The molecule has 5 N–H and O–H groups in total. The van der Waals surface area contributed by atoms with Crippen LogP contribution in [-0.2, 0) is 0 Å². The molecule has 0 aliphatic carbocycles. The lowest BCUT2D eigenvalue weighted by atomic mass is 10.2. The molecule has 5 nitrogen and oxygen atoms in total. The van der Waals surface area contributed by atoms with E-state index in [9.17, 15) is 0 Å². The Morgan fingerprint density at radius 3 is 2.41 bits per heavy atom. The maximum absolute atomic E-state index is 5.62. The van der Waals surface area contributed by atoms with Crippen LogP contribution in [0, 0.1) is 0 Å². The first kappa shape index (κ1) is 15.0. The summed E-state index contributed by atoms with van der Waals surface area (Å²) >= 11 is 0. The van der Waals surface area contributed by atoms with Gasteiger partial charge in [0.2, 0.25) is 0 Å². The van der Waals surface area contributed by atoms with Crippen molar-refractivity contribution in [3.63, 3.8) is 0 Å². The summed E-state index contributed by atoms with van der Waals surface area (Å²) in [5, 5.41) is 2.69. The highest BCUT2D eigenvalue weighted by molar-refractivity contribution is 5.96. The molecule has 0 spiro atoms. The van der Waals surface area contributed by atoms with Gasteiger partial charge in [0, 0.05) is 13.1 Å². The van der Waals surface area contributed by atoms with Crippen LogP contribution in [-0.4, -0.2) is 25.0 Å². The van der Waals surface area contributed by atoms with E-state index in [0.29, 0.717) is 13.1 Å². The number of nitrogens with one attached hydrogen (secondary N) is 1. The Hall–Kier alpha value is -2.04. The highest BCUT2D eigenvalue weighted by Gasteiger charge is 1.94. The fourth-order valence-electron chi connectivity index (χ4n) is 1.09. The van der Waals surface area contributed by atoms with Gasteiger partial charge in [-0.1, -0.05) is 31.4 Å². The van der Waals surface area contributed by atoms with Crippen LogP contribution in [0.25, 0.3) is 0 Å². The summed E-state index contributed by atoms with van der Waals surface area (Å²) in [5.41, 5.74) is 12.2. The molecule has 0 heterocycles. The van der Waals surface area contributed by atoms with E-state index < -0.39 is 0 Å². The normalized spacial score (nSPS) is 13.4. The van der Waals surface area contributed by atoms with E-state index in [-0.39, 0.29) is 11.9 Å². The van der Waals surface area contributed by atoms with Crippen LogP contribution in [0.3, 0.4) is 0 Å². The average Bonchev–Trinajstić information content (AvgIpc) is 2.28. The van der Waals surface area contributed by atoms with Crippen molar-refractivity contribution in [3.05, 3.63) is 37.0 Å². The maximum Gasteiger partial charge on any atom is 0.195 e. The molecule has 0 bridgehead atoms. The zero-order valence-corrected chi connectivity index (χ0v) is 10.3. The number of allylic oxidation sites excluding steroid dienone is 3. The second-order valence-corrected chi connectivity index (χ2v) is 3.18. The topological polar surface area (TPSA) is 88.8 Å². The van der Waals surface area contributed by atoms with Crippen molar-refractivity contribution >= 4 is 11.9 Å². The number of hydrogen-bond acceptors (Lipinski definition) is 2. The Morgan fingerprint density at radius 2 is 1.88 bits per heavy atom. The van der Waals surface area contributed by atoms with Gasteiger partial charge in [0.15, 0.2) is 11.9 Å². The van der Waals surface area contributed by atoms with E-state index in [4.69, 9.17) is 11.5 Å². The molecule has 0 unspecified atom stereocenters. The molecular formula is C12H21N5. The SMILES string of the molecule is C=C/C=C(\C=C)CCN=C(N)NC(N)=NCC. The third kappa shape index (κ3) is 7.84. The van der Waals surface area contributed by atoms with Gasteiger partial charge in [-0.15, -0.1) is 0 Å². The Bertz CT molecular complexity index is 339. The second-order valence-electron chi connectivity index (χ2n) is 3.18. The summed E-state index contributed by atoms with van der Waals surface area (Å²) in [5.74, 6) is 0.543. The van der Waals surface area contributed by atoms with Crippen LogP contribution in [0.15, 0.2) is 46.9 Å². The second kappa shape index (κ2) is 9.21. The molecular weight excluding hydrogens is 214 g/mol. The minimum Gasteiger partial charge on any atom is -0.370 e. The third-order valence-electron chi connectivity index (χ3n) is 1.86. The van der Waals surface area contributed by atoms with Crippen LogP contribution in [0.5, 0.6) is 0 Å². The van der Waals surface area contributed by atoms with Crippen molar-refractivity contribution in [2.45, 2.75) is 13.3 Å². The number of nitrogens with two attached hydrogens (primary N) is 2. The first-order valence-electron chi connectivity index (χ1n) is 5.44. The van der Waals surface area contributed by atoms with Gasteiger partial charge < -0.3 is 11.5 Å². The Kier molecular flexibility index (Phi) is 8.10. The fourth-order valence-corrected chi connectivity index (χ4v) is 1.09. The van der Waals surface area contributed by atoms with Crippen LogP contribution >= 0.6 is 0 Å². The highest BCUT2D eigenvalue weighted by atomic mass is 15.2. The summed E-state index contributed by atoms with van der Waals surface area (Å²) in [7, 11) is 0. The molecule has 0 saturated heterocycles. The van der Waals surface area contributed by atoms with Gasteiger partial charge in [0.1, 0.15) is 0 Å². The van der Waals surface area contributed by atoms with Gasteiger partial charge in [-0.25, -0.2) is 0 Å². The lowest BCUT2D eigenvalue weighted by molar-refractivity contribution is 0.958. The molecule has 0 saturated carbocycles. The number of guanidine groups is 2. The van der Waals surface area contributed by atoms with Gasteiger partial charge >= 0.3 is 0 Å². The largest absolute Gasteiger partial charge is 0.370 e. The van der Waals surface area contributed by atoms with E-state index in [1.165, 1.54) is 0 Å². The molecule has 0 fully saturated rings. The van der Waals surface area contributed by atoms with Crippen molar-refractivity contribution in [1.82, 2.24) is 5.32 Å². The molecule has 0 radical (unpaired) electrons. The smallest absolute Gasteiger partial charge is 0.195 e. The molecule has 17 heavy (non-hydrogen) atoms. The quantitative estimate of drug-likeness (QED) is 0.363. The van der Waals surface area contributed by atoms with E-state index in [1.54, 1.807) is 12.2 Å². The summed E-state index contributed by atoms with van der Waals surface area (Å²) in [6.07, 6.45) is 6.13. The van der Waals surface area contributed by atoms with Gasteiger partial charge in [-0.2, -0.15) is 0 Å². The van der Waals surface area contributed by atoms with Crippen LogP contribution < -0.4 is 16.8 Å². The standard InChI is InChI=1S/C12H21N5/c1-4-7-10(5-2)8-9-16-12(14)17-11(13)15-6-3/h4-5,7H,1-2,6,8-9H2,3H3,(H5,13,14,15,16,17)/b10-7+. The summed E-state index contributed by atoms with van der Waals surface area (Å²) in [4.78, 5) is 8.05. The molecule has 0 aromatic heterocycles. The van der Waals surface area contributed by atoms with Crippen molar-refractivity contribution < 1.29 is 0 Å². The van der Waals surface area contributed by atoms with Gasteiger partial charge in [0.25, 0.3) is 0 Å². The minimum absolute atomic E-state index is 0.265. The van der Waals surface area contributed by atoms with Crippen molar-refractivity contribution in [1.29, 1.82) is 0 Å². The number of hydrogen-bond donors (Lipinski definition) is 3. The number of rotatable bonds is 6. The van der Waals surface area contributed by atoms with E-state index in [1.807, 2.05) is 13.0 Å². The highest BCUT2D eigenvalue weighted by Crippen LogP contribution is 2.02. The lowest BCUT2D eigenvalue weighted by Crippen LogP contribution is -2.41. The lowest BCUT2D eigenvalue weighted by Gasteiger charge is -2.04. The van der Waals surface area contributed by atoms with Gasteiger partial charge in [-0.3, -0.25) is 15.3 Å². The molecule has 0 rings (SSSR count). The molecule has 0 aromatic rings. The zero-order chi connectivity index (χ0) is 13.1. The van der Waals surface area contributed by atoms with Crippen molar-refractivity contribution in [2.24, 2.45) is 21.5 Å². The van der Waals surface area contributed by atoms with Gasteiger partial charge in [0.05, 0.1) is 0 Å². The monoisotopic (exact) mass is 235 g/mol. The molecule has 0 amide bonds. The third-order valence-corrected chi connectivity index (χ3v) is 1.86. The minimum atomic E-state index is 0.265. The predicted molar refractivity (Wildman–Crippen MR) is 74.9 cm³/mol. The summed E-state index contributed by atoms with van der Waals surface area (Å²) < 4.78 is 0. The first-order valence-corrected chi connectivity index (χ1v) is 5.44. The fraction of sp³-hybridized carbons (Fsp3) is 0.333. The molecule has 5 heteroatoms. The van der Waals surface area contributed by atoms with E-state index >= 15 is 0 Å². The maximum atomic E-state index is 5.62. The van der Waals surface area contributed by atoms with Crippen molar-refractivity contribution in [3.8, 4) is 0 Å². The van der Waals surface area contributed by atoms with E-state index in [0.717, 1.165) is 12.0 Å². The van der Waals surface area contributed by atoms with Crippen molar-refractivity contribution in [2.75, 3.05) is 13.1 Å². The number of aliphatic imine (C=N–C) groups is 2. The predicted octanol–water partition coefficient (Wildman–Crippen LogP) is 0.914. The first-order chi connectivity index (χ1) is 8.13. The zero-order valence-electron chi connectivity index (χ0n) is 10.3. The van der Waals surface area contributed by atoms with Crippen LogP contribution in [0.4, 0.5) is 0 Å². The molecule has 94 valence electrons. The molecule has 0 aliphatic rings. The Balaban J connectivity index is 4.16.